The lowest BCUT2D eigenvalue weighted by atomic mass is 10.1. The number of rotatable bonds is 11. The number of benzene rings is 1. The molecule has 6 nitrogen and oxygen atoms in total. The molecule has 0 aliphatic rings. The topological polar surface area (TPSA) is 64.1 Å². The Labute approximate surface area is 139 Å². The number of methoxy groups -OCH3 is 2. The standard InChI is InChI=1S/C17H29N3O3/c1-18-17(19-9-5-11-23-13-12-21-2)20-10-8-15-6-4-7-16(14-15)22-3/h4,6-7,14H,5,8-13H2,1-3H3,(H2,18,19,20). The zero-order valence-corrected chi connectivity index (χ0v) is 14.4. The molecule has 0 unspecified atom stereocenters. The van der Waals surface area contributed by atoms with Crippen molar-refractivity contribution in [1.82, 2.24) is 10.6 Å². The SMILES string of the molecule is CN=C(NCCCOCCOC)NCCc1cccc(OC)c1. The predicted molar refractivity (Wildman–Crippen MR) is 93.4 cm³/mol. The van der Waals surface area contributed by atoms with Crippen LogP contribution in [0.5, 0.6) is 5.75 Å². The number of hydrogen-bond acceptors (Lipinski definition) is 4. The van der Waals surface area contributed by atoms with Crippen molar-refractivity contribution in [3.63, 3.8) is 0 Å². The van der Waals surface area contributed by atoms with E-state index in [4.69, 9.17) is 14.2 Å². The quantitative estimate of drug-likeness (QED) is 0.367. The Balaban J connectivity index is 2.14. The molecule has 0 aliphatic heterocycles. The van der Waals surface area contributed by atoms with Gasteiger partial charge in [-0.3, -0.25) is 4.99 Å². The number of aliphatic imine (C=N–C) groups is 1. The predicted octanol–water partition coefficient (Wildman–Crippen LogP) is 1.46. The van der Waals surface area contributed by atoms with E-state index in [0.29, 0.717) is 13.2 Å². The summed E-state index contributed by atoms with van der Waals surface area (Å²) in [6, 6.07) is 8.10. The minimum absolute atomic E-state index is 0.640. The molecule has 1 aromatic rings. The summed E-state index contributed by atoms with van der Waals surface area (Å²) in [5.41, 5.74) is 1.24. The van der Waals surface area contributed by atoms with Gasteiger partial charge in [0.2, 0.25) is 0 Å². The highest BCUT2D eigenvalue weighted by molar-refractivity contribution is 5.79. The number of ether oxygens (including phenoxy) is 3. The molecule has 0 aromatic heterocycles. The van der Waals surface area contributed by atoms with Gasteiger partial charge in [-0.15, -0.1) is 0 Å². The van der Waals surface area contributed by atoms with Crippen molar-refractivity contribution in [2.45, 2.75) is 12.8 Å². The molecule has 0 heterocycles. The first-order valence-corrected chi connectivity index (χ1v) is 7.94. The van der Waals surface area contributed by atoms with Crippen molar-refractivity contribution in [3.8, 4) is 5.75 Å². The van der Waals surface area contributed by atoms with Crippen LogP contribution in [0.3, 0.4) is 0 Å². The fourth-order valence-corrected chi connectivity index (χ4v) is 2.00. The third-order valence-corrected chi connectivity index (χ3v) is 3.25. The van der Waals surface area contributed by atoms with Crippen molar-refractivity contribution < 1.29 is 14.2 Å². The molecule has 1 aromatic carbocycles. The van der Waals surface area contributed by atoms with Crippen molar-refractivity contribution in [2.24, 2.45) is 4.99 Å². The molecule has 0 amide bonds. The maximum absolute atomic E-state index is 5.41. The molecule has 0 saturated carbocycles. The minimum Gasteiger partial charge on any atom is -0.497 e. The molecular formula is C17H29N3O3. The largest absolute Gasteiger partial charge is 0.497 e. The summed E-state index contributed by atoms with van der Waals surface area (Å²) in [4.78, 5) is 4.21. The highest BCUT2D eigenvalue weighted by atomic mass is 16.5. The first kappa shape index (κ1) is 19.3. The van der Waals surface area contributed by atoms with E-state index in [1.807, 2.05) is 12.1 Å². The van der Waals surface area contributed by atoms with Crippen LogP contribution >= 0.6 is 0 Å². The van der Waals surface area contributed by atoms with Crippen LogP contribution in [0.4, 0.5) is 0 Å². The van der Waals surface area contributed by atoms with Crippen molar-refractivity contribution in [3.05, 3.63) is 29.8 Å². The summed E-state index contributed by atoms with van der Waals surface area (Å²) in [7, 11) is 5.13. The maximum atomic E-state index is 5.41. The summed E-state index contributed by atoms with van der Waals surface area (Å²) >= 11 is 0. The van der Waals surface area contributed by atoms with Gasteiger partial charge in [-0.1, -0.05) is 12.1 Å². The van der Waals surface area contributed by atoms with Gasteiger partial charge in [0.15, 0.2) is 5.96 Å². The summed E-state index contributed by atoms with van der Waals surface area (Å²) in [6.45, 7) is 3.64. The Bertz CT molecular complexity index is 452. The van der Waals surface area contributed by atoms with Gasteiger partial charge in [0.05, 0.1) is 20.3 Å². The zero-order chi connectivity index (χ0) is 16.8. The van der Waals surface area contributed by atoms with Crippen molar-refractivity contribution >= 4 is 5.96 Å². The molecule has 0 spiro atoms. The van der Waals surface area contributed by atoms with E-state index in [-0.39, 0.29) is 0 Å². The van der Waals surface area contributed by atoms with Gasteiger partial charge in [0.1, 0.15) is 5.75 Å². The third-order valence-electron chi connectivity index (χ3n) is 3.25. The maximum Gasteiger partial charge on any atom is 0.190 e. The average Bonchev–Trinajstić information content (AvgIpc) is 2.59. The molecule has 0 bridgehead atoms. The number of guanidine groups is 1. The monoisotopic (exact) mass is 323 g/mol. The second kappa shape index (κ2) is 12.7. The van der Waals surface area contributed by atoms with Gasteiger partial charge < -0.3 is 24.8 Å². The third kappa shape index (κ3) is 9.05. The molecule has 1 rings (SSSR count). The lowest BCUT2D eigenvalue weighted by Gasteiger charge is -2.12. The first-order valence-electron chi connectivity index (χ1n) is 7.94. The van der Waals surface area contributed by atoms with E-state index in [1.54, 1.807) is 21.3 Å². The van der Waals surface area contributed by atoms with Crippen LogP contribution in [0.1, 0.15) is 12.0 Å². The van der Waals surface area contributed by atoms with Gasteiger partial charge in [-0.2, -0.15) is 0 Å². The van der Waals surface area contributed by atoms with E-state index in [1.165, 1.54) is 5.56 Å². The molecule has 6 heteroatoms. The second-order valence-corrected chi connectivity index (χ2v) is 4.99. The Morgan fingerprint density at radius 2 is 1.91 bits per heavy atom. The smallest absolute Gasteiger partial charge is 0.190 e. The fourth-order valence-electron chi connectivity index (χ4n) is 2.00. The number of hydrogen-bond donors (Lipinski definition) is 2. The molecule has 0 atom stereocenters. The molecule has 2 N–H and O–H groups in total. The summed E-state index contributed by atoms with van der Waals surface area (Å²) < 4.78 is 15.6. The Kier molecular flexibility index (Phi) is 10.7. The summed E-state index contributed by atoms with van der Waals surface area (Å²) in [5, 5.41) is 6.58. The van der Waals surface area contributed by atoms with Crippen LogP contribution in [0.15, 0.2) is 29.3 Å². The summed E-state index contributed by atoms with van der Waals surface area (Å²) in [5.74, 6) is 1.70. The summed E-state index contributed by atoms with van der Waals surface area (Å²) in [6.07, 6.45) is 1.85. The number of nitrogens with zero attached hydrogens (tertiary/aromatic N) is 1. The molecule has 23 heavy (non-hydrogen) atoms. The molecule has 130 valence electrons. The van der Waals surface area contributed by atoms with Gasteiger partial charge in [0, 0.05) is 33.9 Å². The molecular weight excluding hydrogens is 294 g/mol. The van der Waals surface area contributed by atoms with Crippen LogP contribution in [0.25, 0.3) is 0 Å². The molecule has 0 aliphatic carbocycles. The average molecular weight is 323 g/mol. The van der Waals surface area contributed by atoms with Gasteiger partial charge in [-0.25, -0.2) is 0 Å². The van der Waals surface area contributed by atoms with Gasteiger partial charge >= 0.3 is 0 Å². The first-order chi connectivity index (χ1) is 11.3. The van der Waals surface area contributed by atoms with Crippen molar-refractivity contribution in [1.29, 1.82) is 0 Å². The molecule has 0 fully saturated rings. The van der Waals surface area contributed by atoms with Crippen LogP contribution in [-0.4, -0.2) is 60.1 Å². The van der Waals surface area contributed by atoms with E-state index >= 15 is 0 Å². The van der Waals surface area contributed by atoms with Crippen LogP contribution < -0.4 is 15.4 Å². The Morgan fingerprint density at radius 1 is 1.09 bits per heavy atom. The minimum atomic E-state index is 0.640. The van der Waals surface area contributed by atoms with Crippen LogP contribution in [-0.2, 0) is 15.9 Å². The van der Waals surface area contributed by atoms with E-state index in [0.717, 1.165) is 44.2 Å². The lowest BCUT2D eigenvalue weighted by molar-refractivity contribution is 0.0698. The highest BCUT2D eigenvalue weighted by Gasteiger charge is 1.99. The number of nitrogens with one attached hydrogen (secondary N) is 2. The Hall–Kier alpha value is -1.79. The van der Waals surface area contributed by atoms with E-state index < -0.39 is 0 Å². The van der Waals surface area contributed by atoms with Crippen LogP contribution in [0.2, 0.25) is 0 Å². The van der Waals surface area contributed by atoms with Crippen molar-refractivity contribution in [2.75, 3.05) is 54.2 Å². The van der Waals surface area contributed by atoms with E-state index in [9.17, 15) is 0 Å². The van der Waals surface area contributed by atoms with E-state index in [2.05, 4.69) is 27.8 Å². The van der Waals surface area contributed by atoms with Crippen LogP contribution in [0, 0.1) is 0 Å². The zero-order valence-electron chi connectivity index (χ0n) is 14.4. The molecule has 0 radical (unpaired) electrons. The molecule has 0 saturated heterocycles. The Morgan fingerprint density at radius 3 is 2.65 bits per heavy atom. The highest BCUT2D eigenvalue weighted by Crippen LogP contribution is 2.12. The normalized spacial score (nSPS) is 11.3. The lowest BCUT2D eigenvalue weighted by Crippen LogP contribution is -2.39. The fraction of sp³-hybridized carbons (Fsp3) is 0.588. The second-order valence-electron chi connectivity index (χ2n) is 4.99. The van der Waals surface area contributed by atoms with Gasteiger partial charge in [-0.05, 0) is 30.5 Å². The van der Waals surface area contributed by atoms with Gasteiger partial charge in [0.25, 0.3) is 0 Å².